The molecule has 3 aromatic carbocycles. The topological polar surface area (TPSA) is 149 Å². The van der Waals surface area contributed by atoms with Crippen LogP contribution < -0.4 is 34.9 Å². The van der Waals surface area contributed by atoms with E-state index in [1.54, 1.807) is 25.3 Å². The van der Waals surface area contributed by atoms with Crippen molar-refractivity contribution in [1.82, 2.24) is 5.32 Å². The fourth-order valence-electron chi connectivity index (χ4n) is 6.29. The molecule has 5 rings (SSSR count). The molecule has 1 amide bonds. The summed E-state index contributed by atoms with van der Waals surface area (Å²) in [5, 5.41) is 11.8. The first-order valence-electron chi connectivity index (χ1n) is 14.9. The van der Waals surface area contributed by atoms with Crippen LogP contribution in [-0.2, 0) is 26.0 Å². The summed E-state index contributed by atoms with van der Waals surface area (Å²) in [5.74, 6) is 0.998. The minimum atomic E-state index is -3.79. The Morgan fingerprint density at radius 3 is 2.33 bits per heavy atom. The lowest BCUT2D eigenvalue weighted by Crippen LogP contribution is -2.42. The Balaban J connectivity index is 1.54. The maximum Gasteiger partial charge on any atom is 0.239 e. The van der Waals surface area contributed by atoms with E-state index in [-0.39, 0.29) is 28.5 Å². The van der Waals surface area contributed by atoms with Gasteiger partial charge < -0.3 is 29.7 Å². The number of methoxy groups -OCH3 is 3. The number of para-hydroxylation sites is 2. The number of primary sulfonamides is 1. The van der Waals surface area contributed by atoms with Crippen LogP contribution in [0.1, 0.15) is 43.9 Å². The molecule has 0 saturated carbocycles. The first-order valence-corrected chi connectivity index (χ1v) is 16.5. The van der Waals surface area contributed by atoms with Crippen molar-refractivity contribution in [2.24, 2.45) is 10.6 Å². The second-order valence-corrected chi connectivity index (χ2v) is 13.8. The number of carbonyl (C=O) groups is 2. The predicted molar refractivity (Wildman–Crippen MR) is 176 cm³/mol. The molecule has 3 aromatic rings. The number of ketones is 1. The lowest BCUT2D eigenvalue weighted by Gasteiger charge is -2.38. The number of fused-ring (bicyclic) bond motifs is 1. The molecule has 1 atom stereocenters. The Hall–Kier alpha value is -4.55. The molecule has 0 radical (unpaired) electrons. The van der Waals surface area contributed by atoms with Gasteiger partial charge in [-0.1, -0.05) is 38.1 Å². The average Bonchev–Trinajstić information content (AvgIpc) is 3.13. The fraction of sp³-hybridized carbons (Fsp3) is 0.353. The summed E-state index contributed by atoms with van der Waals surface area (Å²) in [6, 6.07) is 16.9. The van der Waals surface area contributed by atoms with E-state index in [2.05, 4.69) is 24.5 Å². The number of amides is 1. The third kappa shape index (κ3) is 6.68. The number of Topliss-reactive ketones (excluding diaryl/α,β-unsaturated/α-hetero) is 1. The van der Waals surface area contributed by atoms with E-state index < -0.39 is 16.1 Å². The molecule has 244 valence electrons. The largest absolute Gasteiger partial charge is 0.493 e. The summed E-state index contributed by atoms with van der Waals surface area (Å²) < 4.78 is 40.4. The van der Waals surface area contributed by atoms with Crippen LogP contribution in [0.2, 0.25) is 0 Å². The molecule has 0 aromatic heterocycles. The minimum absolute atomic E-state index is 0.0123. The summed E-state index contributed by atoms with van der Waals surface area (Å²) in [4.78, 5) is 29.7. The number of nitrogens with zero attached hydrogens (tertiary/aromatic N) is 1. The van der Waals surface area contributed by atoms with Gasteiger partial charge in [-0.05, 0) is 60.2 Å². The molecular formula is C34H40N4O7S. The lowest BCUT2D eigenvalue weighted by molar-refractivity contribution is -0.120. The summed E-state index contributed by atoms with van der Waals surface area (Å²) in [6.45, 7) is 4.39. The van der Waals surface area contributed by atoms with E-state index in [1.807, 2.05) is 35.2 Å². The van der Waals surface area contributed by atoms with Gasteiger partial charge in [-0.3, -0.25) is 9.59 Å². The Morgan fingerprint density at radius 2 is 1.67 bits per heavy atom. The van der Waals surface area contributed by atoms with E-state index in [0.717, 1.165) is 22.6 Å². The fourth-order valence-corrected chi connectivity index (χ4v) is 6.81. The zero-order valence-corrected chi connectivity index (χ0v) is 27.5. The Labute approximate surface area is 269 Å². The normalized spacial score (nSPS) is 17.3. The van der Waals surface area contributed by atoms with E-state index in [0.29, 0.717) is 54.2 Å². The molecule has 0 bridgehead atoms. The van der Waals surface area contributed by atoms with Crippen LogP contribution in [0.5, 0.6) is 17.2 Å². The maximum atomic E-state index is 14.1. The van der Waals surface area contributed by atoms with Crippen molar-refractivity contribution < 1.29 is 32.2 Å². The minimum Gasteiger partial charge on any atom is -0.493 e. The first kappa shape index (κ1) is 32.8. The number of nitrogens with one attached hydrogen (secondary N) is 2. The molecule has 1 aliphatic carbocycles. The molecule has 11 nitrogen and oxygen atoms in total. The standard InChI is InChI=1S/C34H40N4O7S/c1-34(2)18-25-30(27(39)19-34)31(23-14-15-28(43-3)33(45-5)32(23)44-4)38(26-9-7-6-8-24(26)37-25)20-29(40)36-17-16-21-10-12-22(13-11-21)46(35,41)42/h6-15,31,37H,16-20H2,1-5H3,(H,36,40)(H2,35,41,42). The molecule has 12 heteroatoms. The van der Waals surface area contributed by atoms with Gasteiger partial charge in [0, 0.05) is 29.8 Å². The van der Waals surface area contributed by atoms with Crippen molar-refractivity contribution in [3.05, 3.63) is 83.1 Å². The van der Waals surface area contributed by atoms with Crippen LogP contribution in [0.3, 0.4) is 0 Å². The number of hydrogen-bond donors (Lipinski definition) is 3. The van der Waals surface area contributed by atoms with Crippen molar-refractivity contribution in [3.63, 3.8) is 0 Å². The third-order valence-corrected chi connectivity index (χ3v) is 9.26. The SMILES string of the molecule is COc1ccc(C2C3=C(CC(C)(C)CC3=O)Nc3ccccc3N2CC(=O)NCCc2ccc(S(N)(=O)=O)cc2)c(OC)c1OC. The number of rotatable bonds is 10. The van der Waals surface area contributed by atoms with E-state index in [1.165, 1.54) is 26.4 Å². The number of anilines is 2. The third-order valence-electron chi connectivity index (χ3n) is 8.34. The number of carbonyl (C=O) groups excluding carboxylic acids is 2. The van der Waals surface area contributed by atoms with Gasteiger partial charge >= 0.3 is 0 Å². The molecule has 1 unspecified atom stereocenters. The Morgan fingerprint density at radius 1 is 0.978 bits per heavy atom. The molecule has 46 heavy (non-hydrogen) atoms. The van der Waals surface area contributed by atoms with E-state index >= 15 is 0 Å². The summed E-state index contributed by atoms with van der Waals surface area (Å²) in [6.07, 6.45) is 1.46. The lowest BCUT2D eigenvalue weighted by atomic mass is 9.73. The summed E-state index contributed by atoms with van der Waals surface area (Å²) in [7, 11) is 0.821. The highest BCUT2D eigenvalue weighted by Crippen LogP contribution is 2.52. The molecular weight excluding hydrogens is 608 g/mol. The molecule has 2 aliphatic rings. The van der Waals surface area contributed by atoms with Crippen molar-refractivity contribution in [3.8, 4) is 17.2 Å². The average molecular weight is 649 g/mol. The van der Waals surface area contributed by atoms with Gasteiger partial charge in [-0.15, -0.1) is 0 Å². The Bertz CT molecular complexity index is 1790. The zero-order chi connectivity index (χ0) is 33.2. The number of nitrogens with two attached hydrogens (primary N) is 1. The number of sulfonamides is 1. The second kappa shape index (κ2) is 13.1. The van der Waals surface area contributed by atoms with Gasteiger partial charge in [0.05, 0.1) is 50.2 Å². The Kier molecular flexibility index (Phi) is 9.32. The highest BCUT2D eigenvalue weighted by Gasteiger charge is 2.43. The van der Waals surface area contributed by atoms with Gasteiger partial charge in [0.1, 0.15) is 0 Å². The van der Waals surface area contributed by atoms with Gasteiger partial charge in [-0.25, -0.2) is 13.6 Å². The van der Waals surface area contributed by atoms with Crippen molar-refractivity contribution in [2.75, 3.05) is 44.6 Å². The highest BCUT2D eigenvalue weighted by atomic mass is 32.2. The van der Waals surface area contributed by atoms with Crippen molar-refractivity contribution >= 4 is 33.1 Å². The molecule has 0 saturated heterocycles. The van der Waals surface area contributed by atoms with Crippen LogP contribution in [0.4, 0.5) is 11.4 Å². The van der Waals surface area contributed by atoms with E-state index in [4.69, 9.17) is 19.3 Å². The van der Waals surface area contributed by atoms with Crippen LogP contribution >= 0.6 is 0 Å². The molecule has 0 fully saturated rings. The van der Waals surface area contributed by atoms with Crippen LogP contribution in [0, 0.1) is 5.41 Å². The number of benzene rings is 3. The number of ether oxygens (including phenoxy) is 3. The quantitative estimate of drug-likeness (QED) is 0.292. The van der Waals surface area contributed by atoms with Crippen molar-refractivity contribution in [1.29, 1.82) is 0 Å². The molecule has 0 spiro atoms. The van der Waals surface area contributed by atoms with Gasteiger partial charge in [0.2, 0.25) is 21.7 Å². The number of allylic oxidation sites excluding steroid dienone is 1. The van der Waals surface area contributed by atoms with Crippen molar-refractivity contribution in [2.45, 2.75) is 44.0 Å². The van der Waals surface area contributed by atoms with Gasteiger partial charge in [0.25, 0.3) is 0 Å². The van der Waals surface area contributed by atoms with Gasteiger partial charge in [0.15, 0.2) is 17.3 Å². The van der Waals surface area contributed by atoms with Gasteiger partial charge in [-0.2, -0.15) is 0 Å². The van der Waals surface area contributed by atoms with Crippen LogP contribution in [0.25, 0.3) is 0 Å². The van der Waals surface area contributed by atoms with Crippen LogP contribution in [-0.4, -0.2) is 54.5 Å². The molecule has 1 heterocycles. The summed E-state index contributed by atoms with van der Waals surface area (Å²) in [5.41, 5.74) is 4.15. The van der Waals surface area contributed by atoms with Crippen LogP contribution in [0.15, 0.2) is 76.8 Å². The highest BCUT2D eigenvalue weighted by molar-refractivity contribution is 7.89. The number of hydrogen-bond acceptors (Lipinski definition) is 9. The zero-order valence-electron chi connectivity index (χ0n) is 26.7. The second-order valence-electron chi connectivity index (χ2n) is 12.2. The maximum absolute atomic E-state index is 14.1. The molecule has 1 aliphatic heterocycles. The smallest absolute Gasteiger partial charge is 0.239 e. The van der Waals surface area contributed by atoms with E-state index in [9.17, 15) is 18.0 Å². The molecule has 4 N–H and O–H groups in total. The predicted octanol–water partition coefficient (Wildman–Crippen LogP) is 4.34. The first-order chi connectivity index (χ1) is 21.9. The summed E-state index contributed by atoms with van der Waals surface area (Å²) >= 11 is 0. The monoisotopic (exact) mass is 648 g/mol.